The molecule has 11 heteroatoms. The molecule has 29 heavy (non-hydrogen) atoms. The van der Waals surface area contributed by atoms with Gasteiger partial charge in [0.1, 0.15) is 12.4 Å². The van der Waals surface area contributed by atoms with Crippen LogP contribution in [0.5, 0.6) is 0 Å². The zero-order valence-corrected chi connectivity index (χ0v) is 19.8. The van der Waals surface area contributed by atoms with E-state index < -0.39 is 0 Å². The molecule has 2 aromatic heterocycles. The maximum absolute atomic E-state index is 5.27. The number of rotatable bonds is 8. The molecule has 0 aromatic carbocycles. The van der Waals surface area contributed by atoms with Crippen LogP contribution in [0.1, 0.15) is 56.0 Å². The number of hydrogen-bond donors (Lipinski definition) is 2. The van der Waals surface area contributed by atoms with Gasteiger partial charge in [-0.3, -0.25) is 4.99 Å². The molecule has 1 aliphatic heterocycles. The van der Waals surface area contributed by atoms with Crippen molar-refractivity contribution >= 4 is 29.9 Å². The molecule has 0 saturated heterocycles. The van der Waals surface area contributed by atoms with Gasteiger partial charge in [-0.1, -0.05) is 19.0 Å². The van der Waals surface area contributed by atoms with Gasteiger partial charge in [-0.15, -0.1) is 24.0 Å². The van der Waals surface area contributed by atoms with E-state index in [1.807, 2.05) is 4.68 Å². The summed E-state index contributed by atoms with van der Waals surface area (Å²) in [7, 11) is 3.43. The van der Waals surface area contributed by atoms with E-state index in [0.717, 1.165) is 62.2 Å². The lowest BCUT2D eigenvalue weighted by molar-refractivity contribution is 0.177. The van der Waals surface area contributed by atoms with Gasteiger partial charge < -0.3 is 19.9 Å². The Bertz CT molecular complexity index is 789. The highest BCUT2D eigenvalue weighted by Gasteiger charge is 2.22. The third-order valence-corrected chi connectivity index (χ3v) is 4.60. The summed E-state index contributed by atoms with van der Waals surface area (Å²) in [4.78, 5) is 13.2. The van der Waals surface area contributed by atoms with Crippen LogP contribution in [0.3, 0.4) is 0 Å². The molecule has 3 heterocycles. The number of ether oxygens (including phenoxy) is 1. The Hall–Kier alpha value is -1.76. The molecule has 1 aliphatic rings. The average Bonchev–Trinajstić information content (AvgIpc) is 3.30. The Morgan fingerprint density at radius 1 is 1.38 bits per heavy atom. The molecule has 2 N–H and O–H groups in total. The van der Waals surface area contributed by atoms with Crippen LogP contribution in [0.15, 0.2) is 9.52 Å². The second kappa shape index (κ2) is 11.4. The Labute approximate surface area is 188 Å². The van der Waals surface area contributed by atoms with Gasteiger partial charge in [0, 0.05) is 45.5 Å². The maximum Gasteiger partial charge on any atom is 0.226 e. The monoisotopic (exact) mass is 518 g/mol. The highest BCUT2D eigenvalue weighted by Crippen LogP contribution is 2.13. The number of fused-ring (bicyclic) bond motifs is 1. The fourth-order valence-electron chi connectivity index (χ4n) is 3.11. The van der Waals surface area contributed by atoms with Crippen molar-refractivity contribution in [2.75, 3.05) is 20.7 Å². The van der Waals surface area contributed by atoms with Gasteiger partial charge in [0.25, 0.3) is 0 Å². The van der Waals surface area contributed by atoms with Gasteiger partial charge in [-0.25, -0.2) is 9.67 Å². The molecule has 0 aliphatic carbocycles. The van der Waals surface area contributed by atoms with Crippen molar-refractivity contribution in [3.8, 4) is 0 Å². The Balaban J connectivity index is 0.00000300. The Morgan fingerprint density at radius 2 is 2.21 bits per heavy atom. The molecule has 0 bridgehead atoms. The zero-order chi connectivity index (χ0) is 19.9. The molecular formula is C18H31IN8O2. The third kappa shape index (κ3) is 6.63. The molecule has 0 spiro atoms. The van der Waals surface area contributed by atoms with Crippen LogP contribution in [0.4, 0.5) is 0 Å². The molecule has 1 unspecified atom stereocenters. The molecule has 10 nitrogen and oxygen atoms in total. The van der Waals surface area contributed by atoms with Crippen molar-refractivity contribution < 1.29 is 9.26 Å². The lowest BCUT2D eigenvalue weighted by Crippen LogP contribution is -2.47. The molecule has 0 radical (unpaired) electrons. The van der Waals surface area contributed by atoms with Gasteiger partial charge in [0.05, 0.1) is 6.54 Å². The molecule has 2 aromatic rings. The molecule has 0 amide bonds. The maximum atomic E-state index is 5.27. The van der Waals surface area contributed by atoms with Gasteiger partial charge in [0.2, 0.25) is 5.89 Å². The molecular weight excluding hydrogens is 487 g/mol. The predicted molar refractivity (Wildman–Crippen MR) is 119 cm³/mol. The quantitative estimate of drug-likeness (QED) is 0.235. The number of hydrogen-bond acceptors (Lipinski definition) is 7. The van der Waals surface area contributed by atoms with Gasteiger partial charge in [-0.05, 0) is 12.8 Å². The Morgan fingerprint density at radius 3 is 2.90 bits per heavy atom. The largest absolute Gasteiger partial charge is 0.377 e. The molecule has 1 atom stereocenters. The number of nitrogens with one attached hydrogen (secondary N) is 2. The smallest absolute Gasteiger partial charge is 0.226 e. The van der Waals surface area contributed by atoms with Crippen molar-refractivity contribution in [1.29, 1.82) is 0 Å². The number of aryl methyl sites for hydroxylation is 2. The highest BCUT2D eigenvalue weighted by atomic mass is 127. The van der Waals surface area contributed by atoms with E-state index in [1.165, 1.54) is 0 Å². The third-order valence-electron chi connectivity index (χ3n) is 4.60. The first kappa shape index (κ1) is 23.5. The number of aromatic nitrogens is 5. The summed E-state index contributed by atoms with van der Waals surface area (Å²) in [6, 6.07) is 0.264. The molecule has 0 fully saturated rings. The van der Waals surface area contributed by atoms with Crippen LogP contribution in [0, 0.1) is 0 Å². The number of aliphatic imine (C=N–C) groups is 1. The normalized spacial score (nSPS) is 16.4. The van der Waals surface area contributed by atoms with Gasteiger partial charge >= 0.3 is 0 Å². The number of methoxy groups -OCH3 is 1. The summed E-state index contributed by atoms with van der Waals surface area (Å²) in [5, 5.41) is 15.3. The van der Waals surface area contributed by atoms with E-state index >= 15 is 0 Å². The van der Waals surface area contributed by atoms with Crippen LogP contribution in [-0.4, -0.2) is 57.6 Å². The number of guanidine groups is 1. The van der Waals surface area contributed by atoms with E-state index in [4.69, 9.17) is 9.26 Å². The minimum atomic E-state index is 0. The van der Waals surface area contributed by atoms with Crippen LogP contribution in [0.25, 0.3) is 0 Å². The van der Waals surface area contributed by atoms with E-state index in [-0.39, 0.29) is 35.9 Å². The SMILES string of the molecule is CN=C(NCCCc1nc(C(C)C)no1)NC1CCc2nc(COC)nn2C1.I. The minimum absolute atomic E-state index is 0. The number of halogens is 1. The van der Waals surface area contributed by atoms with Crippen LogP contribution in [0.2, 0.25) is 0 Å². The van der Waals surface area contributed by atoms with Crippen molar-refractivity contribution in [1.82, 2.24) is 35.5 Å². The highest BCUT2D eigenvalue weighted by molar-refractivity contribution is 14.0. The van der Waals surface area contributed by atoms with Crippen molar-refractivity contribution in [2.45, 2.75) is 64.6 Å². The average molecular weight is 518 g/mol. The minimum Gasteiger partial charge on any atom is -0.377 e. The fourth-order valence-corrected chi connectivity index (χ4v) is 3.11. The molecule has 0 saturated carbocycles. The lowest BCUT2D eigenvalue weighted by atomic mass is 10.1. The summed E-state index contributed by atoms with van der Waals surface area (Å²) >= 11 is 0. The molecule has 3 rings (SSSR count). The summed E-state index contributed by atoms with van der Waals surface area (Å²) < 4.78 is 12.4. The molecule has 162 valence electrons. The summed E-state index contributed by atoms with van der Waals surface area (Å²) in [6.45, 7) is 6.10. The standard InChI is InChI=1S/C18H30N8O2.HI/c1-12(2)17-23-16(28-25-17)6-5-9-20-18(19-3)21-13-7-8-15-22-14(11-27-4)24-26(15)10-13;/h12-13H,5-11H2,1-4H3,(H2,19,20,21);1H. The first-order valence-corrected chi connectivity index (χ1v) is 9.80. The van der Waals surface area contributed by atoms with Gasteiger partial charge in [0.15, 0.2) is 17.6 Å². The lowest BCUT2D eigenvalue weighted by Gasteiger charge is -2.25. The second-order valence-corrected chi connectivity index (χ2v) is 7.24. The first-order valence-electron chi connectivity index (χ1n) is 9.80. The zero-order valence-electron chi connectivity index (χ0n) is 17.5. The first-order chi connectivity index (χ1) is 13.6. The second-order valence-electron chi connectivity index (χ2n) is 7.24. The van der Waals surface area contributed by atoms with E-state index in [1.54, 1.807) is 14.2 Å². The predicted octanol–water partition coefficient (Wildman–Crippen LogP) is 1.66. The van der Waals surface area contributed by atoms with E-state index in [2.05, 4.69) is 49.7 Å². The topological polar surface area (TPSA) is 115 Å². The van der Waals surface area contributed by atoms with Crippen LogP contribution < -0.4 is 10.6 Å². The van der Waals surface area contributed by atoms with Crippen molar-refractivity contribution in [3.63, 3.8) is 0 Å². The van der Waals surface area contributed by atoms with Crippen molar-refractivity contribution in [3.05, 3.63) is 23.4 Å². The van der Waals surface area contributed by atoms with Gasteiger partial charge in [-0.2, -0.15) is 10.1 Å². The Kier molecular flexibility index (Phi) is 9.27. The number of nitrogens with zero attached hydrogens (tertiary/aromatic N) is 6. The van der Waals surface area contributed by atoms with E-state index in [9.17, 15) is 0 Å². The summed E-state index contributed by atoms with van der Waals surface area (Å²) in [6.07, 6.45) is 3.52. The fraction of sp³-hybridized carbons (Fsp3) is 0.722. The summed E-state index contributed by atoms with van der Waals surface area (Å²) in [5.41, 5.74) is 0. The summed E-state index contributed by atoms with van der Waals surface area (Å²) in [5.74, 6) is 4.28. The van der Waals surface area contributed by atoms with Crippen LogP contribution in [-0.2, 0) is 30.7 Å². The van der Waals surface area contributed by atoms with Crippen LogP contribution >= 0.6 is 24.0 Å². The van der Waals surface area contributed by atoms with Crippen molar-refractivity contribution in [2.24, 2.45) is 4.99 Å². The van der Waals surface area contributed by atoms with E-state index in [0.29, 0.717) is 12.5 Å².